The van der Waals surface area contributed by atoms with Gasteiger partial charge < -0.3 is 10.7 Å². The summed E-state index contributed by atoms with van der Waals surface area (Å²) in [6, 6.07) is 3.84. The zero-order chi connectivity index (χ0) is 16.6. The molecule has 1 aromatic rings. The predicted molar refractivity (Wildman–Crippen MR) is 87.6 cm³/mol. The number of hydrogen-bond donors (Lipinski definition) is 1. The maximum Gasteiger partial charge on any atom is 0.131 e. The van der Waals surface area contributed by atoms with Crippen LogP contribution in [-0.2, 0) is 0 Å². The van der Waals surface area contributed by atoms with Crippen molar-refractivity contribution in [1.29, 1.82) is 0 Å². The second kappa shape index (κ2) is 6.14. The van der Waals surface area contributed by atoms with Crippen molar-refractivity contribution < 1.29 is 8.78 Å². The first-order valence-corrected chi connectivity index (χ1v) is 7.89. The van der Waals surface area contributed by atoms with Crippen LogP contribution in [0, 0.1) is 23.5 Å². The van der Waals surface area contributed by atoms with Crippen molar-refractivity contribution in [3.63, 3.8) is 0 Å². The monoisotopic (exact) mass is 317 g/mol. The summed E-state index contributed by atoms with van der Waals surface area (Å²) in [5.74, 6) is 5.95. The van der Waals surface area contributed by atoms with Gasteiger partial charge in [-0.1, -0.05) is 32.1 Å². The van der Waals surface area contributed by atoms with Gasteiger partial charge in [-0.25, -0.2) is 8.78 Å². The van der Waals surface area contributed by atoms with Crippen molar-refractivity contribution >= 4 is 5.84 Å². The molecule has 0 amide bonds. The second-order valence-electron chi connectivity index (χ2n) is 6.44. The Morgan fingerprint density at radius 3 is 2.74 bits per heavy atom. The van der Waals surface area contributed by atoms with E-state index in [-0.39, 0.29) is 17.8 Å². The molecule has 1 fully saturated rings. The molecule has 0 spiro atoms. The molecule has 0 saturated heterocycles. The first-order valence-electron chi connectivity index (χ1n) is 7.89. The van der Waals surface area contributed by atoms with Crippen LogP contribution in [0.4, 0.5) is 8.78 Å². The molecule has 122 valence electrons. The van der Waals surface area contributed by atoms with Crippen LogP contribution in [0.15, 0.2) is 47.2 Å². The van der Waals surface area contributed by atoms with Gasteiger partial charge in [-0.15, -0.1) is 0 Å². The third-order valence-electron chi connectivity index (χ3n) is 4.44. The molecule has 1 heterocycles. The van der Waals surface area contributed by atoms with Crippen LogP contribution in [0.5, 0.6) is 0 Å². The minimum absolute atomic E-state index is 0.115. The van der Waals surface area contributed by atoms with Crippen LogP contribution in [0.3, 0.4) is 0 Å². The Balaban J connectivity index is 1.78. The molecule has 2 atom stereocenters. The fourth-order valence-electron chi connectivity index (χ4n) is 3.22. The van der Waals surface area contributed by atoms with Gasteiger partial charge >= 0.3 is 0 Å². The molecule has 1 aliphatic heterocycles. The molecule has 0 bridgehead atoms. The van der Waals surface area contributed by atoms with Crippen molar-refractivity contribution in [3.05, 3.63) is 59.3 Å². The molecule has 0 radical (unpaired) electrons. The lowest BCUT2D eigenvalue weighted by molar-refractivity contribution is 0.556. The molecule has 5 heteroatoms. The largest absolute Gasteiger partial charge is 0.331 e. The van der Waals surface area contributed by atoms with Crippen molar-refractivity contribution in [2.45, 2.75) is 26.2 Å². The van der Waals surface area contributed by atoms with Crippen LogP contribution in [0.25, 0.3) is 0 Å². The normalized spacial score (nSPS) is 24.1. The minimum atomic E-state index is -0.535. The Hall–Kier alpha value is -2.17. The zero-order valence-electron chi connectivity index (χ0n) is 13.3. The van der Waals surface area contributed by atoms with Crippen molar-refractivity contribution in [3.8, 4) is 0 Å². The van der Waals surface area contributed by atoms with E-state index in [1.165, 1.54) is 6.07 Å². The number of amidine groups is 1. The molecular weight excluding hydrogens is 296 g/mol. The molecule has 1 aliphatic carbocycles. The predicted octanol–water partition coefficient (Wildman–Crippen LogP) is 3.75. The van der Waals surface area contributed by atoms with Gasteiger partial charge in [0.2, 0.25) is 0 Å². The highest BCUT2D eigenvalue weighted by Gasteiger charge is 2.42. The van der Waals surface area contributed by atoms with Crippen LogP contribution in [0.2, 0.25) is 0 Å². The van der Waals surface area contributed by atoms with E-state index < -0.39 is 11.6 Å². The Morgan fingerprint density at radius 2 is 2.09 bits per heavy atom. The van der Waals surface area contributed by atoms with E-state index in [2.05, 4.69) is 23.5 Å². The first kappa shape index (κ1) is 15.7. The first-order chi connectivity index (χ1) is 11.0. The van der Waals surface area contributed by atoms with Crippen LogP contribution in [-0.4, -0.2) is 17.3 Å². The van der Waals surface area contributed by atoms with E-state index in [1.54, 1.807) is 6.07 Å². The van der Waals surface area contributed by atoms with Crippen molar-refractivity contribution in [2.75, 3.05) is 6.54 Å². The van der Waals surface area contributed by atoms with Crippen LogP contribution in [0.1, 0.15) is 31.7 Å². The van der Waals surface area contributed by atoms with Crippen LogP contribution < -0.4 is 5.84 Å². The van der Waals surface area contributed by atoms with E-state index in [9.17, 15) is 8.78 Å². The highest BCUT2D eigenvalue weighted by Crippen LogP contribution is 2.53. The fraction of sp³-hybridized carbons (Fsp3) is 0.389. The molecule has 1 aromatic carbocycles. The third-order valence-corrected chi connectivity index (χ3v) is 4.44. The smallest absolute Gasteiger partial charge is 0.131 e. The number of allylic oxidation sites excluding steroid dienone is 2. The van der Waals surface area contributed by atoms with Gasteiger partial charge in [-0.3, -0.25) is 0 Å². The Kier molecular flexibility index (Phi) is 4.20. The summed E-state index contributed by atoms with van der Waals surface area (Å²) in [6.45, 7) is 4.83. The topological polar surface area (TPSA) is 41.6 Å². The summed E-state index contributed by atoms with van der Waals surface area (Å²) in [6.07, 6.45) is 7.08. The van der Waals surface area contributed by atoms with Gasteiger partial charge in [-0.05, 0) is 35.5 Å². The summed E-state index contributed by atoms with van der Waals surface area (Å²) < 4.78 is 27.0. The summed E-state index contributed by atoms with van der Waals surface area (Å²) in [5, 5.41) is 3.89. The third kappa shape index (κ3) is 3.14. The van der Waals surface area contributed by atoms with Gasteiger partial charge in [0.25, 0.3) is 0 Å². The molecule has 1 saturated carbocycles. The molecule has 3 nitrogen and oxygen atoms in total. The van der Waals surface area contributed by atoms with Crippen LogP contribution >= 0.6 is 0 Å². The average molecular weight is 317 g/mol. The maximum absolute atomic E-state index is 13.9. The van der Waals surface area contributed by atoms with Crippen molar-refractivity contribution in [2.24, 2.45) is 22.8 Å². The zero-order valence-corrected chi connectivity index (χ0v) is 13.3. The summed E-state index contributed by atoms with van der Waals surface area (Å²) >= 11 is 0. The second-order valence-corrected chi connectivity index (χ2v) is 6.44. The fourth-order valence-corrected chi connectivity index (χ4v) is 3.22. The van der Waals surface area contributed by atoms with Gasteiger partial charge in [-0.2, -0.15) is 5.10 Å². The molecular formula is C18H21F2N3. The van der Waals surface area contributed by atoms with Gasteiger partial charge in [0.15, 0.2) is 0 Å². The number of rotatable bonds is 3. The van der Waals surface area contributed by atoms with Gasteiger partial charge in [0.05, 0.1) is 0 Å². The molecule has 3 rings (SSSR count). The van der Waals surface area contributed by atoms with E-state index in [0.717, 1.165) is 30.4 Å². The van der Waals surface area contributed by atoms with Crippen molar-refractivity contribution in [1.82, 2.24) is 4.90 Å². The minimum Gasteiger partial charge on any atom is -0.331 e. The Morgan fingerprint density at radius 1 is 1.30 bits per heavy atom. The number of hydrazone groups is 1. The molecule has 2 aliphatic rings. The molecule has 2 N–H and O–H groups in total. The van der Waals surface area contributed by atoms with Gasteiger partial charge in [0, 0.05) is 24.7 Å². The van der Waals surface area contributed by atoms with E-state index in [0.29, 0.717) is 5.56 Å². The highest BCUT2D eigenvalue weighted by atomic mass is 19.1. The Bertz CT molecular complexity index is 692. The van der Waals surface area contributed by atoms with E-state index in [1.807, 2.05) is 18.7 Å². The summed E-state index contributed by atoms with van der Waals surface area (Å²) in [4.78, 5) is 2.04. The quantitative estimate of drug-likeness (QED) is 0.399. The lowest BCUT2D eigenvalue weighted by Crippen LogP contribution is -2.33. The van der Waals surface area contributed by atoms with E-state index >= 15 is 0 Å². The molecule has 2 unspecified atom stereocenters. The number of nitrogens with two attached hydrogens (primary N) is 1. The average Bonchev–Trinajstić information content (AvgIpc) is 3.28. The van der Waals surface area contributed by atoms with Gasteiger partial charge in [0.1, 0.15) is 17.5 Å². The standard InChI is InChI=1S/C18H21F2N3/c1-11(2)18(22-21)23-7-3-4-12(10-23)15-9-16(15)14-6-5-13(19)8-17(14)20/h3-6,8,10-11,15-16H,7,9,21H2,1-2H3/b22-18-. The number of nitrogens with zero attached hydrogens (tertiary/aromatic N) is 2. The lowest BCUT2D eigenvalue weighted by atomic mass is 10.0. The summed E-state index contributed by atoms with van der Waals surface area (Å²) in [7, 11) is 0. The lowest BCUT2D eigenvalue weighted by Gasteiger charge is -2.26. The van der Waals surface area contributed by atoms with E-state index in [4.69, 9.17) is 5.84 Å². The highest BCUT2D eigenvalue weighted by molar-refractivity contribution is 5.85. The molecule has 0 aromatic heterocycles. The SMILES string of the molecule is CC(C)/C(=N/N)N1C=C(C2CC2c2ccc(F)cc2F)C=CC1. The maximum atomic E-state index is 13.9. The molecule has 23 heavy (non-hydrogen) atoms. The summed E-state index contributed by atoms with van der Waals surface area (Å²) in [5.41, 5.74) is 1.74. The number of halogens is 2. The number of benzene rings is 1. The number of hydrogen-bond acceptors (Lipinski definition) is 2. The Labute approximate surface area is 135 Å².